The number of hydrogen-bond acceptors (Lipinski definition) is 3. The summed E-state index contributed by atoms with van der Waals surface area (Å²) < 4.78 is 5.30. The molecule has 0 aromatic rings. The number of rotatable bonds is 0. The molecule has 2 fully saturated rings. The predicted octanol–water partition coefficient (Wildman–Crippen LogP) is 1.38. The van der Waals surface area contributed by atoms with Crippen molar-refractivity contribution in [1.29, 1.82) is 0 Å². The van der Waals surface area contributed by atoms with Gasteiger partial charge in [0.15, 0.2) is 0 Å². The molecule has 1 aliphatic heterocycles. The minimum Gasteiger partial charge on any atom is -0.444 e. The number of aliphatic hydroxyl groups excluding tert-OH is 1. The van der Waals surface area contributed by atoms with Crippen LogP contribution >= 0.6 is 0 Å². The zero-order valence-corrected chi connectivity index (χ0v) is 9.56. The molecule has 1 unspecified atom stereocenters. The van der Waals surface area contributed by atoms with E-state index >= 15 is 0 Å². The van der Waals surface area contributed by atoms with Crippen molar-refractivity contribution in [3.05, 3.63) is 0 Å². The van der Waals surface area contributed by atoms with Gasteiger partial charge in [-0.2, -0.15) is 0 Å². The van der Waals surface area contributed by atoms with Crippen molar-refractivity contribution >= 4 is 6.09 Å². The Morgan fingerprint density at radius 3 is 2.53 bits per heavy atom. The Morgan fingerprint density at radius 2 is 2.07 bits per heavy atom. The third-order valence-corrected chi connectivity index (χ3v) is 3.08. The molecule has 1 aliphatic carbocycles. The lowest BCUT2D eigenvalue weighted by Gasteiger charge is -2.32. The summed E-state index contributed by atoms with van der Waals surface area (Å²) in [5, 5.41) is 9.69. The van der Waals surface area contributed by atoms with Gasteiger partial charge in [0.05, 0.1) is 12.1 Å². The van der Waals surface area contributed by atoms with Crippen LogP contribution in [0.1, 0.15) is 33.6 Å². The molecular weight excluding hydrogens is 194 g/mol. The number of nitrogens with zero attached hydrogens (tertiary/aromatic N) is 1. The summed E-state index contributed by atoms with van der Waals surface area (Å²) in [5.74, 6) is 0.470. The minimum absolute atomic E-state index is 0.00940. The number of carbonyl (C=O) groups excluding carboxylic acids is 1. The number of ether oxygens (including phenoxy) is 1. The van der Waals surface area contributed by atoms with E-state index in [2.05, 4.69) is 0 Å². The maximum Gasteiger partial charge on any atom is 0.410 e. The van der Waals surface area contributed by atoms with E-state index < -0.39 is 5.60 Å². The summed E-state index contributed by atoms with van der Waals surface area (Å²) >= 11 is 0. The van der Waals surface area contributed by atoms with E-state index in [1.54, 1.807) is 4.90 Å². The Kier molecular flexibility index (Phi) is 2.41. The Hall–Kier alpha value is -0.770. The average Bonchev–Trinajstić information content (AvgIpc) is 2.58. The molecular formula is C11H19NO3. The summed E-state index contributed by atoms with van der Waals surface area (Å²) in [5.41, 5.74) is -0.454. The Bertz CT molecular complexity index is 271. The topological polar surface area (TPSA) is 49.8 Å². The van der Waals surface area contributed by atoms with Gasteiger partial charge < -0.3 is 14.7 Å². The Morgan fingerprint density at radius 1 is 1.40 bits per heavy atom. The number of fused-ring (bicyclic) bond motifs is 2. The maximum absolute atomic E-state index is 11.8. The highest BCUT2D eigenvalue weighted by Gasteiger charge is 2.47. The third kappa shape index (κ3) is 2.09. The van der Waals surface area contributed by atoms with E-state index in [-0.39, 0.29) is 18.2 Å². The molecule has 2 bridgehead atoms. The molecule has 1 saturated carbocycles. The summed E-state index contributed by atoms with van der Waals surface area (Å²) in [6.45, 7) is 6.32. The van der Waals surface area contributed by atoms with Crippen molar-refractivity contribution in [1.82, 2.24) is 4.90 Å². The molecule has 4 heteroatoms. The fourth-order valence-electron chi connectivity index (χ4n) is 2.52. The highest BCUT2D eigenvalue weighted by Crippen LogP contribution is 2.38. The molecule has 0 radical (unpaired) electrons. The van der Waals surface area contributed by atoms with Crippen LogP contribution in [0.4, 0.5) is 4.79 Å². The SMILES string of the molecule is CC(C)(C)OC(=O)N1CC2C[C@@H](O)[C@H]1C2. The van der Waals surface area contributed by atoms with Crippen molar-refractivity contribution in [2.45, 2.75) is 51.4 Å². The van der Waals surface area contributed by atoms with Gasteiger partial charge >= 0.3 is 6.09 Å². The van der Waals surface area contributed by atoms with Gasteiger partial charge in [-0.3, -0.25) is 0 Å². The summed E-state index contributed by atoms with van der Waals surface area (Å²) in [4.78, 5) is 13.5. The van der Waals surface area contributed by atoms with E-state index in [1.807, 2.05) is 20.8 Å². The van der Waals surface area contributed by atoms with Gasteiger partial charge in [0, 0.05) is 6.54 Å². The molecule has 0 aromatic heterocycles. The largest absolute Gasteiger partial charge is 0.444 e. The van der Waals surface area contributed by atoms with Crippen molar-refractivity contribution in [2.75, 3.05) is 6.54 Å². The summed E-state index contributed by atoms with van der Waals surface area (Å²) in [7, 11) is 0. The van der Waals surface area contributed by atoms with Crippen LogP contribution in [0.3, 0.4) is 0 Å². The lowest BCUT2D eigenvalue weighted by molar-refractivity contribution is -0.00176. The fourth-order valence-corrected chi connectivity index (χ4v) is 2.52. The first-order valence-corrected chi connectivity index (χ1v) is 5.54. The third-order valence-electron chi connectivity index (χ3n) is 3.08. The molecule has 86 valence electrons. The lowest BCUT2D eigenvalue weighted by atomic mass is 10.1. The molecule has 1 heterocycles. The molecule has 2 aliphatic rings. The van der Waals surface area contributed by atoms with Gasteiger partial charge in [-0.1, -0.05) is 0 Å². The number of amides is 1. The van der Waals surface area contributed by atoms with Crippen LogP contribution in [0.2, 0.25) is 0 Å². The molecule has 1 amide bonds. The molecule has 3 atom stereocenters. The van der Waals surface area contributed by atoms with Crippen LogP contribution in [0, 0.1) is 5.92 Å². The second kappa shape index (κ2) is 3.37. The number of aliphatic hydroxyl groups is 1. The van der Waals surface area contributed by atoms with Gasteiger partial charge in [-0.15, -0.1) is 0 Å². The van der Waals surface area contributed by atoms with E-state index in [4.69, 9.17) is 4.74 Å². The lowest BCUT2D eigenvalue weighted by Crippen LogP contribution is -2.46. The molecule has 0 spiro atoms. The van der Waals surface area contributed by atoms with Crippen LogP contribution in [0.25, 0.3) is 0 Å². The van der Waals surface area contributed by atoms with Crippen LogP contribution in [-0.4, -0.2) is 40.4 Å². The van der Waals surface area contributed by atoms with Crippen LogP contribution < -0.4 is 0 Å². The number of carbonyl (C=O) groups is 1. The molecule has 2 rings (SSSR count). The second-order valence-corrected chi connectivity index (χ2v) is 5.60. The Balaban J connectivity index is 1.98. The highest BCUT2D eigenvalue weighted by atomic mass is 16.6. The van der Waals surface area contributed by atoms with Gasteiger partial charge in [0.2, 0.25) is 0 Å². The van der Waals surface area contributed by atoms with E-state index in [1.165, 1.54) is 0 Å². The first kappa shape index (κ1) is 10.7. The van der Waals surface area contributed by atoms with E-state index in [9.17, 15) is 9.90 Å². The first-order valence-electron chi connectivity index (χ1n) is 5.54. The van der Waals surface area contributed by atoms with Gasteiger partial charge in [0.1, 0.15) is 5.60 Å². The quantitative estimate of drug-likeness (QED) is 0.661. The monoisotopic (exact) mass is 213 g/mol. The molecule has 1 N–H and O–H groups in total. The second-order valence-electron chi connectivity index (χ2n) is 5.60. The van der Waals surface area contributed by atoms with Gasteiger partial charge in [-0.05, 0) is 39.5 Å². The smallest absolute Gasteiger partial charge is 0.410 e. The number of hydrogen-bond donors (Lipinski definition) is 1. The van der Waals surface area contributed by atoms with E-state index in [0.29, 0.717) is 5.92 Å². The first-order chi connectivity index (χ1) is 6.87. The van der Waals surface area contributed by atoms with Gasteiger partial charge in [-0.25, -0.2) is 4.79 Å². The minimum atomic E-state index is -0.454. The molecule has 1 saturated heterocycles. The number of likely N-dealkylation sites (tertiary alicyclic amines) is 1. The van der Waals surface area contributed by atoms with Crippen LogP contribution in [-0.2, 0) is 4.74 Å². The summed E-state index contributed by atoms with van der Waals surface area (Å²) in [6, 6.07) is -0.00940. The number of piperidine rings is 1. The zero-order chi connectivity index (χ0) is 11.2. The van der Waals surface area contributed by atoms with E-state index in [0.717, 1.165) is 19.4 Å². The van der Waals surface area contributed by atoms with Crippen molar-refractivity contribution in [3.8, 4) is 0 Å². The van der Waals surface area contributed by atoms with Gasteiger partial charge in [0.25, 0.3) is 0 Å². The highest BCUT2D eigenvalue weighted by molar-refractivity contribution is 5.69. The molecule has 4 nitrogen and oxygen atoms in total. The normalized spacial score (nSPS) is 34.7. The average molecular weight is 213 g/mol. The Labute approximate surface area is 90.2 Å². The van der Waals surface area contributed by atoms with Crippen LogP contribution in [0.5, 0.6) is 0 Å². The molecule has 0 aromatic carbocycles. The summed E-state index contributed by atoms with van der Waals surface area (Å²) in [6.07, 6.45) is 1.13. The standard InChI is InChI=1S/C11H19NO3/c1-11(2,3)15-10(14)12-6-7-4-8(12)9(13)5-7/h7-9,13H,4-6H2,1-3H3/t7?,8-,9-/m1/s1. The fraction of sp³-hybridized carbons (Fsp3) is 0.909. The van der Waals surface area contributed by atoms with Crippen molar-refractivity contribution in [3.63, 3.8) is 0 Å². The zero-order valence-electron chi connectivity index (χ0n) is 9.56. The van der Waals surface area contributed by atoms with Crippen molar-refractivity contribution < 1.29 is 14.6 Å². The predicted molar refractivity (Wildman–Crippen MR) is 55.5 cm³/mol. The van der Waals surface area contributed by atoms with Crippen LogP contribution in [0.15, 0.2) is 0 Å². The maximum atomic E-state index is 11.8. The van der Waals surface area contributed by atoms with Crippen molar-refractivity contribution in [2.24, 2.45) is 5.92 Å². The molecule has 15 heavy (non-hydrogen) atoms.